The normalized spacial score (nSPS) is 14.9. The number of fused-ring (bicyclic) bond motifs is 1. The Kier molecular flexibility index (Phi) is 4.43. The van der Waals surface area contributed by atoms with Gasteiger partial charge in [0.2, 0.25) is 0 Å². The quantitative estimate of drug-likeness (QED) is 0.736. The number of carbonyl (C=O) groups is 1. The molecule has 4 nitrogen and oxygen atoms in total. The molecule has 0 bridgehead atoms. The van der Waals surface area contributed by atoms with Gasteiger partial charge in [-0.3, -0.25) is 0 Å². The summed E-state index contributed by atoms with van der Waals surface area (Å²) in [7, 11) is 0. The lowest BCUT2D eigenvalue weighted by molar-refractivity contribution is 0.0258. The Morgan fingerprint density at radius 3 is 2.62 bits per heavy atom. The van der Waals surface area contributed by atoms with Gasteiger partial charge in [0.05, 0.1) is 10.6 Å². The first-order valence-corrected chi connectivity index (χ1v) is 7.38. The SMILES string of the molecule is CC(C)(C)OC(=O)N1CCc2ccc(Cl)c(C#N)c2CC1. The molecule has 0 unspecified atom stereocenters. The Bertz CT molecular complexity index is 600. The van der Waals surface area contributed by atoms with E-state index in [0.29, 0.717) is 36.5 Å². The smallest absolute Gasteiger partial charge is 0.410 e. The van der Waals surface area contributed by atoms with Crippen molar-refractivity contribution in [3.05, 3.63) is 33.8 Å². The molecular weight excluding hydrogens is 288 g/mol. The van der Waals surface area contributed by atoms with Gasteiger partial charge in [-0.2, -0.15) is 5.26 Å². The summed E-state index contributed by atoms with van der Waals surface area (Å²) < 4.78 is 5.41. The van der Waals surface area contributed by atoms with Crippen LogP contribution >= 0.6 is 11.6 Å². The molecule has 0 aliphatic carbocycles. The summed E-state index contributed by atoms with van der Waals surface area (Å²) in [6.45, 7) is 6.69. The number of nitriles is 1. The number of amides is 1. The number of nitrogens with zero attached hydrogens (tertiary/aromatic N) is 2. The van der Waals surface area contributed by atoms with Crippen LogP contribution in [-0.2, 0) is 17.6 Å². The van der Waals surface area contributed by atoms with Crippen molar-refractivity contribution < 1.29 is 9.53 Å². The third-order valence-corrected chi connectivity index (χ3v) is 3.72. The van der Waals surface area contributed by atoms with E-state index >= 15 is 0 Å². The van der Waals surface area contributed by atoms with Gasteiger partial charge >= 0.3 is 6.09 Å². The van der Waals surface area contributed by atoms with Crippen LogP contribution in [0.4, 0.5) is 4.79 Å². The average Bonchev–Trinajstić information content (AvgIpc) is 2.59. The summed E-state index contributed by atoms with van der Waals surface area (Å²) >= 11 is 6.07. The molecule has 1 aliphatic rings. The third kappa shape index (κ3) is 3.68. The third-order valence-electron chi connectivity index (χ3n) is 3.41. The first-order chi connectivity index (χ1) is 9.81. The molecule has 0 fully saturated rings. The second-order valence-corrected chi connectivity index (χ2v) is 6.55. The van der Waals surface area contributed by atoms with Crippen molar-refractivity contribution in [2.24, 2.45) is 0 Å². The molecule has 0 aromatic heterocycles. The fraction of sp³-hybridized carbons (Fsp3) is 0.500. The first-order valence-electron chi connectivity index (χ1n) is 7.00. The summed E-state index contributed by atoms with van der Waals surface area (Å²) in [6.07, 6.45) is 1.03. The van der Waals surface area contributed by atoms with E-state index in [2.05, 4.69) is 6.07 Å². The fourth-order valence-electron chi connectivity index (χ4n) is 2.43. The highest BCUT2D eigenvalue weighted by Crippen LogP contribution is 2.26. The maximum absolute atomic E-state index is 12.2. The van der Waals surface area contributed by atoms with E-state index < -0.39 is 5.60 Å². The molecule has 21 heavy (non-hydrogen) atoms. The predicted molar refractivity (Wildman–Crippen MR) is 81.4 cm³/mol. The Labute approximate surface area is 130 Å². The molecular formula is C16H19ClN2O2. The number of rotatable bonds is 0. The van der Waals surface area contributed by atoms with Gasteiger partial charge in [0.1, 0.15) is 11.7 Å². The van der Waals surface area contributed by atoms with Gasteiger partial charge in [-0.1, -0.05) is 17.7 Å². The number of hydrogen-bond acceptors (Lipinski definition) is 3. The van der Waals surface area contributed by atoms with E-state index in [1.807, 2.05) is 26.8 Å². The number of ether oxygens (including phenoxy) is 1. The van der Waals surface area contributed by atoms with Crippen LogP contribution in [0.5, 0.6) is 0 Å². The van der Waals surface area contributed by atoms with E-state index in [9.17, 15) is 10.1 Å². The van der Waals surface area contributed by atoms with Crippen LogP contribution in [0.2, 0.25) is 5.02 Å². The molecule has 5 heteroatoms. The van der Waals surface area contributed by atoms with E-state index in [1.54, 1.807) is 11.0 Å². The standard InChI is InChI=1S/C16H19ClN2O2/c1-16(2,3)21-15(20)19-8-6-11-4-5-14(17)13(10-18)12(11)7-9-19/h4-5H,6-9H2,1-3H3. The average molecular weight is 307 g/mol. The topological polar surface area (TPSA) is 53.3 Å². The van der Waals surface area contributed by atoms with Crippen molar-refractivity contribution in [2.75, 3.05) is 13.1 Å². The zero-order chi connectivity index (χ0) is 15.6. The van der Waals surface area contributed by atoms with Gasteiger partial charge in [0.15, 0.2) is 0 Å². The van der Waals surface area contributed by atoms with E-state index in [0.717, 1.165) is 11.1 Å². The first kappa shape index (κ1) is 15.7. The Balaban J connectivity index is 2.18. The van der Waals surface area contributed by atoms with Crippen LogP contribution in [0.3, 0.4) is 0 Å². The van der Waals surface area contributed by atoms with E-state index in [1.165, 1.54) is 0 Å². The summed E-state index contributed by atoms with van der Waals surface area (Å²) in [5.41, 5.74) is 2.07. The monoisotopic (exact) mass is 306 g/mol. The summed E-state index contributed by atoms with van der Waals surface area (Å²) in [6, 6.07) is 5.86. The molecule has 0 saturated heterocycles. The molecule has 1 aromatic carbocycles. The lowest BCUT2D eigenvalue weighted by Gasteiger charge is -2.26. The van der Waals surface area contributed by atoms with Crippen LogP contribution in [0.15, 0.2) is 12.1 Å². The minimum atomic E-state index is -0.503. The van der Waals surface area contributed by atoms with Crippen molar-refractivity contribution in [2.45, 2.75) is 39.2 Å². The van der Waals surface area contributed by atoms with Crippen LogP contribution < -0.4 is 0 Å². The number of hydrogen-bond donors (Lipinski definition) is 0. The van der Waals surface area contributed by atoms with Crippen LogP contribution in [-0.4, -0.2) is 29.7 Å². The van der Waals surface area contributed by atoms with Crippen LogP contribution in [0, 0.1) is 11.3 Å². The Morgan fingerprint density at radius 1 is 1.33 bits per heavy atom. The summed E-state index contributed by atoms with van der Waals surface area (Å²) in [4.78, 5) is 13.8. The van der Waals surface area contributed by atoms with Crippen LogP contribution in [0.25, 0.3) is 0 Å². The molecule has 112 valence electrons. The zero-order valence-corrected chi connectivity index (χ0v) is 13.3. The predicted octanol–water partition coefficient (Wildman–Crippen LogP) is 3.55. The highest BCUT2D eigenvalue weighted by molar-refractivity contribution is 6.31. The minimum absolute atomic E-state index is 0.306. The lowest BCUT2D eigenvalue weighted by Crippen LogP contribution is -2.38. The maximum atomic E-state index is 12.2. The van der Waals surface area contributed by atoms with Gasteiger partial charge in [0.25, 0.3) is 0 Å². The highest BCUT2D eigenvalue weighted by atomic mass is 35.5. The Hall–Kier alpha value is -1.73. The van der Waals surface area contributed by atoms with Gasteiger partial charge in [-0.25, -0.2) is 4.79 Å². The second kappa shape index (κ2) is 5.95. The summed E-state index contributed by atoms with van der Waals surface area (Å²) in [5, 5.41) is 9.73. The largest absolute Gasteiger partial charge is 0.444 e. The lowest BCUT2D eigenvalue weighted by atomic mass is 9.98. The molecule has 1 amide bonds. The number of carbonyl (C=O) groups excluding carboxylic acids is 1. The van der Waals surface area contributed by atoms with Gasteiger partial charge in [0, 0.05) is 13.1 Å². The molecule has 0 N–H and O–H groups in total. The van der Waals surface area contributed by atoms with Crippen molar-refractivity contribution in [3.8, 4) is 6.07 Å². The van der Waals surface area contributed by atoms with Crippen molar-refractivity contribution in [1.29, 1.82) is 5.26 Å². The number of halogens is 1. The zero-order valence-electron chi connectivity index (χ0n) is 12.6. The maximum Gasteiger partial charge on any atom is 0.410 e. The van der Waals surface area contributed by atoms with Crippen molar-refractivity contribution in [3.63, 3.8) is 0 Å². The van der Waals surface area contributed by atoms with Gasteiger partial charge < -0.3 is 9.64 Å². The molecule has 2 rings (SSSR count). The number of benzene rings is 1. The molecule has 1 aromatic rings. The van der Waals surface area contributed by atoms with Crippen LogP contribution in [0.1, 0.15) is 37.5 Å². The molecule has 0 atom stereocenters. The van der Waals surface area contributed by atoms with E-state index in [-0.39, 0.29) is 6.09 Å². The molecule has 1 aliphatic heterocycles. The minimum Gasteiger partial charge on any atom is -0.444 e. The van der Waals surface area contributed by atoms with Gasteiger partial charge in [-0.15, -0.1) is 0 Å². The molecule has 0 spiro atoms. The van der Waals surface area contributed by atoms with Crippen molar-refractivity contribution >= 4 is 17.7 Å². The van der Waals surface area contributed by atoms with Gasteiger partial charge in [-0.05, 0) is 50.8 Å². The fourth-order valence-corrected chi connectivity index (χ4v) is 2.65. The van der Waals surface area contributed by atoms with E-state index in [4.69, 9.17) is 16.3 Å². The Morgan fingerprint density at radius 2 is 2.00 bits per heavy atom. The highest BCUT2D eigenvalue weighted by Gasteiger charge is 2.25. The molecule has 1 heterocycles. The molecule has 0 radical (unpaired) electrons. The second-order valence-electron chi connectivity index (χ2n) is 6.14. The van der Waals surface area contributed by atoms with Crippen molar-refractivity contribution in [1.82, 2.24) is 4.90 Å². The summed E-state index contributed by atoms with van der Waals surface area (Å²) in [5.74, 6) is 0. The molecule has 0 saturated carbocycles.